The SMILES string of the molecule is CCSc1nc2ccc(NC(=O)CSc3nnc(C)s3)cc2s1. The summed E-state index contributed by atoms with van der Waals surface area (Å²) in [6.07, 6.45) is 0. The minimum absolute atomic E-state index is 0.0464. The topological polar surface area (TPSA) is 67.8 Å². The molecule has 3 rings (SSSR count). The standard InChI is InChI=1S/C14H14N4OS4/c1-3-20-13-16-10-5-4-9(6-11(10)23-13)15-12(19)7-21-14-18-17-8(2)22-14/h4-6H,3,7H2,1-2H3,(H,15,19). The number of aromatic nitrogens is 3. The van der Waals surface area contributed by atoms with E-state index in [1.807, 2.05) is 25.1 Å². The molecule has 1 amide bonds. The van der Waals surface area contributed by atoms with Crippen LogP contribution in [-0.4, -0.2) is 32.6 Å². The molecule has 120 valence electrons. The molecule has 0 unspecified atom stereocenters. The Labute approximate surface area is 150 Å². The number of carbonyl (C=O) groups is 1. The maximum Gasteiger partial charge on any atom is 0.234 e. The van der Waals surface area contributed by atoms with Crippen LogP contribution in [0.15, 0.2) is 26.9 Å². The minimum Gasteiger partial charge on any atom is -0.325 e. The summed E-state index contributed by atoms with van der Waals surface area (Å²) in [7, 11) is 0. The second-order valence-corrected chi connectivity index (χ2v) is 9.47. The molecule has 0 aliphatic rings. The molecule has 2 heterocycles. The number of thiazole rings is 1. The Morgan fingerprint density at radius 2 is 2.09 bits per heavy atom. The van der Waals surface area contributed by atoms with Crippen molar-refractivity contribution in [3.8, 4) is 0 Å². The van der Waals surface area contributed by atoms with E-state index >= 15 is 0 Å². The average molecular weight is 383 g/mol. The van der Waals surface area contributed by atoms with Crippen LogP contribution in [0.25, 0.3) is 10.2 Å². The molecule has 0 aliphatic heterocycles. The first-order valence-corrected chi connectivity index (χ1v) is 10.5. The maximum absolute atomic E-state index is 12.0. The number of amides is 1. The summed E-state index contributed by atoms with van der Waals surface area (Å²) >= 11 is 6.29. The molecule has 0 fully saturated rings. The van der Waals surface area contributed by atoms with Gasteiger partial charge in [0.1, 0.15) is 5.01 Å². The van der Waals surface area contributed by atoms with Gasteiger partial charge in [-0.3, -0.25) is 4.79 Å². The Balaban J connectivity index is 1.62. The molecule has 0 saturated carbocycles. The zero-order valence-electron chi connectivity index (χ0n) is 12.5. The lowest BCUT2D eigenvalue weighted by molar-refractivity contribution is -0.113. The zero-order valence-corrected chi connectivity index (χ0v) is 15.8. The highest BCUT2D eigenvalue weighted by atomic mass is 32.2. The van der Waals surface area contributed by atoms with Crippen LogP contribution >= 0.6 is 46.2 Å². The Hall–Kier alpha value is -1.16. The van der Waals surface area contributed by atoms with Crippen molar-refractivity contribution in [2.24, 2.45) is 0 Å². The minimum atomic E-state index is -0.0464. The van der Waals surface area contributed by atoms with Crippen molar-refractivity contribution in [1.82, 2.24) is 15.2 Å². The largest absolute Gasteiger partial charge is 0.325 e. The van der Waals surface area contributed by atoms with E-state index in [0.717, 1.165) is 35.3 Å². The van der Waals surface area contributed by atoms with Crippen molar-refractivity contribution < 1.29 is 4.79 Å². The van der Waals surface area contributed by atoms with E-state index in [-0.39, 0.29) is 5.91 Å². The number of nitrogens with zero attached hydrogens (tertiary/aromatic N) is 3. The van der Waals surface area contributed by atoms with Gasteiger partial charge in [-0.1, -0.05) is 41.8 Å². The Morgan fingerprint density at radius 3 is 2.83 bits per heavy atom. The summed E-state index contributed by atoms with van der Waals surface area (Å²) in [5.41, 5.74) is 1.77. The first kappa shape index (κ1) is 16.7. The van der Waals surface area contributed by atoms with E-state index < -0.39 is 0 Å². The normalized spacial score (nSPS) is 11.0. The fraction of sp³-hybridized carbons (Fsp3) is 0.286. The molecule has 0 bridgehead atoms. The Kier molecular flexibility index (Phi) is 5.52. The predicted octanol–water partition coefficient (Wildman–Crippen LogP) is 4.30. The third kappa shape index (κ3) is 4.43. The van der Waals surface area contributed by atoms with Gasteiger partial charge in [0.15, 0.2) is 8.68 Å². The van der Waals surface area contributed by atoms with Gasteiger partial charge in [-0.2, -0.15) is 0 Å². The van der Waals surface area contributed by atoms with Gasteiger partial charge in [-0.25, -0.2) is 4.98 Å². The molecule has 5 nitrogen and oxygen atoms in total. The van der Waals surface area contributed by atoms with E-state index in [9.17, 15) is 4.79 Å². The van der Waals surface area contributed by atoms with Crippen LogP contribution < -0.4 is 5.32 Å². The van der Waals surface area contributed by atoms with Crippen molar-refractivity contribution in [2.45, 2.75) is 22.5 Å². The predicted molar refractivity (Wildman–Crippen MR) is 100 cm³/mol. The molecule has 23 heavy (non-hydrogen) atoms. The fourth-order valence-corrected chi connectivity index (χ4v) is 5.45. The molecular formula is C14H14N4OS4. The smallest absolute Gasteiger partial charge is 0.234 e. The number of rotatable bonds is 6. The highest BCUT2D eigenvalue weighted by molar-refractivity contribution is 8.01. The summed E-state index contributed by atoms with van der Waals surface area (Å²) in [5.74, 6) is 1.28. The molecule has 1 N–H and O–H groups in total. The third-order valence-electron chi connectivity index (χ3n) is 2.75. The lowest BCUT2D eigenvalue weighted by Gasteiger charge is -2.03. The second-order valence-electron chi connectivity index (χ2n) is 4.52. The average Bonchev–Trinajstić information content (AvgIpc) is 3.11. The number of benzene rings is 1. The zero-order chi connectivity index (χ0) is 16.2. The van der Waals surface area contributed by atoms with E-state index in [1.165, 1.54) is 23.1 Å². The lowest BCUT2D eigenvalue weighted by atomic mass is 10.3. The van der Waals surface area contributed by atoms with E-state index in [1.54, 1.807) is 23.1 Å². The quantitative estimate of drug-likeness (QED) is 0.641. The van der Waals surface area contributed by atoms with Gasteiger partial charge in [0, 0.05) is 5.69 Å². The molecule has 2 aromatic heterocycles. The first-order chi connectivity index (χ1) is 11.1. The lowest BCUT2D eigenvalue weighted by Crippen LogP contribution is -2.13. The van der Waals surface area contributed by atoms with Gasteiger partial charge in [0.2, 0.25) is 5.91 Å². The summed E-state index contributed by atoms with van der Waals surface area (Å²) in [6.45, 7) is 4.01. The number of nitrogens with one attached hydrogen (secondary N) is 1. The molecule has 3 aromatic rings. The number of fused-ring (bicyclic) bond motifs is 1. The highest BCUT2D eigenvalue weighted by Crippen LogP contribution is 2.31. The van der Waals surface area contributed by atoms with Crippen molar-refractivity contribution in [3.63, 3.8) is 0 Å². The van der Waals surface area contributed by atoms with Crippen LogP contribution in [0, 0.1) is 6.92 Å². The van der Waals surface area contributed by atoms with Crippen LogP contribution in [-0.2, 0) is 4.79 Å². The third-order valence-corrected chi connectivity index (χ3v) is 6.77. The number of hydrogen-bond acceptors (Lipinski definition) is 8. The molecule has 0 atom stereocenters. The Bertz CT molecular complexity index is 829. The number of aryl methyl sites for hydroxylation is 1. The van der Waals surface area contributed by atoms with Crippen molar-refractivity contribution in [2.75, 3.05) is 16.8 Å². The molecule has 0 spiro atoms. The molecule has 1 aromatic carbocycles. The van der Waals surface area contributed by atoms with E-state index in [4.69, 9.17) is 0 Å². The van der Waals surface area contributed by atoms with E-state index in [2.05, 4.69) is 27.4 Å². The van der Waals surface area contributed by atoms with Gasteiger partial charge < -0.3 is 5.32 Å². The van der Waals surface area contributed by atoms with Gasteiger partial charge in [0.25, 0.3) is 0 Å². The number of thioether (sulfide) groups is 2. The summed E-state index contributed by atoms with van der Waals surface area (Å²) < 4.78 is 2.97. The summed E-state index contributed by atoms with van der Waals surface area (Å²) in [5, 5.41) is 11.8. The summed E-state index contributed by atoms with van der Waals surface area (Å²) in [6, 6.07) is 5.81. The molecule has 0 aliphatic carbocycles. The molecule has 0 saturated heterocycles. The van der Waals surface area contributed by atoms with Crippen LogP contribution in [0.4, 0.5) is 5.69 Å². The number of hydrogen-bond donors (Lipinski definition) is 1. The molecular weight excluding hydrogens is 368 g/mol. The monoisotopic (exact) mass is 382 g/mol. The Morgan fingerprint density at radius 1 is 1.22 bits per heavy atom. The van der Waals surface area contributed by atoms with Gasteiger partial charge in [-0.05, 0) is 30.9 Å². The van der Waals surface area contributed by atoms with Crippen LogP contribution in [0.5, 0.6) is 0 Å². The van der Waals surface area contributed by atoms with Crippen LogP contribution in [0.3, 0.4) is 0 Å². The van der Waals surface area contributed by atoms with Crippen LogP contribution in [0.1, 0.15) is 11.9 Å². The highest BCUT2D eigenvalue weighted by Gasteiger charge is 2.09. The molecule has 9 heteroatoms. The fourth-order valence-electron chi connectivity index (χ4n) is 1.83. The van der Waals surface area contributed by atoms with Crippen molar-refractivity contribution >= 4 is 68.0 Å². The first-order valence-electron chi connectivity index (χ1n) is 6.90. The maximum atomic E-state index is 12.0. The van der Waals surface area contributed by atoms with Gasteiger partial charge in [0.05, 0.1) is 16.0 Å². The summed E-state index contributed by atoms with van der Waals surface area (Å²) in [4.78, 5) is 16.6. The van der Waals surface area contributed by atoms with Crippen LogP contribution in [0.2, 0.25) is 0 Å². The second kappa shape index (κ2) is 7.61. The molecule has 0 radical (unpaired) electrons. The van der Waals surface area contributed by atoms with E-state index in [0.29, 0.717) is 5.75 Å². The number of anilines is 1. The van der Waals surface area contributed by atoms with Crippen molar-refractivity contribution in [3.05, 3.63) is 23.2 Å². The van der Waals surface area contributed by atoms with Gasteiger partial charge in [-0.15, -0.1) is 21.5 Å². The van der Waals surface area contributed by atoms with Gasteiger partial charge >= 0.3 is 0 Å². The number of carbonyl (C=O) groups excluding carboxylic acids is 1. The van der Waals surface area contributed by atoms with Crippen molar-refractivity contribution in [1.29, 1.82) is 0 Å².